The molecule has 3 nitrogen and oxygen atoms in total. The van der Waals surface area contributed by atoms with E-state index in [2.05, 4.69) is 5.32 Å². The quantitative estimate of drug-likeness (QED) is 0.853. The van der Waals surface area contributed by atoms with Crippen LogP contribution in [0.4, 0.5) is 0 Å². The highest BCUT2D eigenvalue weighted by Gasteiger charge is 2.47. The molecule has 2 aliphatic carbocycles. The Morgan fingerprint density at radius 3 is 2.67 bits per heavy atom. The van der Waals surface area contributed by atoms with Crippen LogP contribution in [0.15, 0.2) is 30.3 Å². The van der Waals surface area contributed by atoms with Gasteiger partial charge in [-0.1, -0.05) is 18.2 Å². The molecule has 0 aliphatic heterocycles. The van der Waals surface area contributed by atoms with E-state index in [4.69, 9.17) is 0 Å². The molecule has 4 atom stereocenters. The van der Waals surface area contributed by atoms with E-state index in [0.717, 1.165) is 0 Å². The Balaban J connectivity index is 1.71. The van der Waals surface area contributed by atoms with Crippen molar-refractivity contribution in [3.63, 3.8) is 0 Å². The Hall–Kier alpha value is -1.35. The third kappa shape index (κ3) is 1.93. The molecule has 4 unspecified atom stereocenters. The second-order valence-electron chi connectivity index (χ2n) is 5.54. The van der Waals surface area contributed by atoms with Crippen LogP contribution in [0.5, 0.6) is 0 Å². The van der Waals surface area contributed by atoms with E-state index in [1.165, 1.54) is 19.3 Å². The summed E-state index contributed by atoms with van der Waals surface area (Å²) in [4.78, 5) is 12.1. The van der Waals surface area contributed by atoms with Crippen molar-refractivity contribution in [3.8, 4) is 0 Å². The molecule has 0 spiro atoms. The molecule has 18 heavy (non-hydrogen) atoms. The number of carbonyl (C=O) groups is 1. The maximum Gasteiger partial charge on any atom is 0.251 e. The Bertz CT molecular complexity index is 431. The Morgan fingerprint density at radius 1 is 1.22 bits per heavy atom. The van der Waals surface area contributed by atoms with Crippen LogP contribution in [-0.4, -0.2) is 23.7 Å². The number of amides is 1. The standard InChI is InChI=1S/C15H19NO2/c17-9-13-11-6-7-12(8-11)14(13)16-15(18)10-4-2-1-3-5-10/h1-5,11-14,17H,6-9H2,(H,16,18). The number of hydrogen-bond donors (Lipinski definition) is 2. The molecule has 1 aromatic carbocycles. The molecular weight excluding hydrogens is 226 g/mol. The van der Waals surface area contributed by atoms with Crippen molar-refractivity contribution in [2.45, 2.75) is 25.3 Å². The predicted molar refractivity (Wildman–Crippen MR) is 69.1 cm³/mol. The lowest BCUT2D eigenvalue weighted by atomic mass is 9.85. The molecule has 0 heterocycles. The minimum atomic E-state index is -0.00778. The fraction of sp³-hybridized carbons (Fsp3) is 0.533. The summed E-state index contributed by atoms with van der Waals surface area (Å²) in [5.41, 5.74) is 0.706. The zero-order valence-electron chi connectivity index (χ0n) is 10.4. The van der Waals surface area contributed by atoms with Gasteiger partial charge in [0, 0.05) is 24.1 Å². The van der Waals surface area contributed by atoms with Gasteiger partial charge in [0.15, 0.2) is 0 Å². The van der Waals surface area contributed by atoms with Crippen LogP contribution in [0.1, 0.15) is 29.6 Å². The lowest BCUT2D eigenvalue weighted by molar-refractivity contribution is 0.0861. The topological polar surface area (TPSA) is 49.3 Å². The largest absolute Gasteiger partial charge is 0.396 e. The number of fused-ring (bicyclic) bond motifs is 2. The van der Waals surface area contributed by atoms with E-state index in [1.807, 2.05) is 30.3 Å². The van der Waals surface area contributed by atoms with Crippen molar-refractivity contribution >= 4 is 5.91 Å². The second kappa shape index (κ2) is 4.73. The van der Waals surface area contributed by atoms with Gasteiger partial charge >= 0.3 is 0 Å². The third-order valence-corrected chi connectivity index (χ3v) is 4.63. The summed E-state index contributed by atoms with van der Waals surface area (Å²) < 4.78 is 0. The van der Waals surface area contributed by atoms with E-state index < -0.39 is 0 Å². The van der Waals surface area contributed by atoms with Gasteiger partial charge in [0.05, 0.1) is 0 Å². The third-order valence-electron chi connectivity index (χ3n) is 4.63. The number of carbonyl (C=O) groups excluding carboxylic acids is 1. The van der Waals surface area contributed by atoms with E-state index in [0.29, 0.717) is 17.4 Å². The van der Waals surface area contributed by atoms with Crippen molar-refractivity contribution in [2.75, 3.05) is 6.61 Å². The van der Waals surface area contributed by atoms with Gasteiger partial charge in [-0.15, -0.1) is 0 Å². The van der Waals surface area contributed by atoms with Crippen LogP contribution >= 0.6 is 0 Å². The Kier molecular flexibility index (Phi) is 3.08. The van der Waals surface area contributed by atoms with Crippen LogP contribution in [0.3, 0.4) is 0 Å². The molecule has 3 heteroatoms. The first-order valence-electron chi connectivity index (χ1n) is 6.76. The summed E-state index contributed by atoms with van der Waals surface area (Å²) >= 11 is 0. The van der Waals surface area contributed by atoms with E-state index in [1.54, 1.807) is 0 Å². The average molecular weight is 245 g/mol. The van der Waals surface area contributed by atoms with Crippen LogP contribution in [-0.2, 0) is 0 Å². The number of nitrogens with one attached hydrogen (secondary N) is 1. The molecule has 2 bridgehead atoms. The van der Waals surface area contributed by atoms with Gasteiger partial charge in [-0.2, -0.15) is 0 Å². The van der Waals surface area contributed by atoms with Crippen molar-refractivity contribution in [1.82, 2.24) is 5.32 Å². The molecule has 1 aromatic rings. The first-order valence-corrected chi connectivity index (χ1v) is 6.76. The van der Waals surface area contributed by atoms with Gasteiger partial charge in [0.1, 0.15) is 0 Å². The van der Waals surface area contributed by atoms with E-state index in [-0.39, 0.29) is 24.5 Å². The molecule has 0 saturated heterocycles. The number of rotatable bonds is 3. The molecular formula is C15H19NO2. The molecule has 2 N–H and O–H groups in total. The molecule has 1 amide bonds. The highest BCUT2D eigenvalue weighted by molar-refractivity contribution is 5.94. The maximum absolute atomic E-state index is 12.1. The van der Waals surface area contributed by atoms with Gasteiger partial charge in [-0.3, -0.25) is 4.79 Å². The molecule has 2 saturated carbocycles. The lowest BCUT2D eigenvalue weighted by Crippen LogP contribution is -2.45. The Labute approximate surface area is 107 Å². The predicted octanol–water partition coefficient (Wildman–Crippen LogP) is 1.82. The van der Waals surface area contributed by atoms with E-state index >= 15 is 0 Å². The second-order valence-corrected chi connectivity index (χ2v) is 5.54. The number of benzene rings is 1. The number of hydrogen-bond acceptors (Lipinski definition) is 2. The first-order chi connectivity index (χ1) is 8.79. The van der Waals surface area contributed by atoms with Crippen LogP contribution in [0, 0.1) is 17.8 Å². The zero-order valence-corrected chi connectivity index (χ0v) is 10.4. The summed E-state index contributed by atoms with van der Waals surface area (Å²) in [6.07, 6.45) is 3.58. The summed E-state index contributed by atoms with van der Waals surface area (Å²) in [5, 5.41) is 12.6. The van der Waals surface area contributed by atoms with Gasteiger partial charge in [0.25, 0.3) is 5.91 Å². The van der Waals surface area contributed by atoms with Gasteiger partial charge < -0.3 is 10.4 Å². The lowest BCUT2D eigenvalue weighted by Gasteiger charge is -2.30. The smallest absolute Gasteiger partial charge is 0.251 e. The molecule has 2 fully saturated rings. The van der Waals surface area contributed by atoms with Crippen molar-refractivity contribution in [1.29, 1.82) is 0 Å². The summed E-state index contributed by atoms with van der Waals surface area (Å²) in [5.74, 6) is 1.43. The van der Waals surface area contributed by atoms with Crippen molar-refractivity contribution in [2.24, 2.45) is 17.8 Å². The molecule has 0 radical (unpaired) electrons. The SMILES string of the molecule is O=C(NC1C2CCC(C2)C1CO)c1ccccc1. The minimum absolute atomic E-state index is 0.00778. The van der Waals surface area contributed by atoms with E-state index in [9.17, 15) is 9.90 Å². The number of aliphatic hydroxyl groups is 1. The first kappa shape index (κ1) is 11.7. The summed E-state index contributed by atoms with van der Waals surface area (Å²) in [6.45, 7) is 0.195. The van der Waals surface area contributed by atoms with Crippen LogP contribution in [0.2, 0.25) is 0 Å². The zero-order chi connectivity index (χ0) is 12.5. The molecule has 0 aromatic heterocycles. The number of aliphatic hydroxyl groups excluding tert-OH is 1. The summed E-state index contributed by atoms with van der Waals surface area (Å²) in [7, 11) is 0. The molecule has 3 rings (SSSR count). The minimum Gasteiger partial charge on any atom is -0.396 e. The van der Waals surface area contributed by atoms with Crippen molar-refractivity contribution < 1.29 is 9.90 Å². The fourth-order valence-electron chi connectivity index (χ4n) is 3.72. The molecule has 96 valence electrons. The van der Waals surface area contributed by atoms with Gasteiger partial charge in [-0.25, -0.2) is 0 Å². The maximum atomic E-state index is 12.1. The van der Waals surface area contributed by atoms with Crippen LogP contribution < -0.4 is 5.32 Å². The normalized spacial score (nSPS) is 33.6. The van der Waals surface area contributed by atoms with Crippen molar-refractivity contribution in [3.05, 3.63) is 35.9 Å². The fourth-order valence-corrected chi connectivity index (χ4v) is 3.72. The van der Waals surface area contributed by atoms with Crippen LogP contribution in [0.25, 0.3) is 0 Å². The van der Waals surface area contributed by atoms with Gasteiger partial charge in [-0.05, 0) is 43.2 Å². The highest BCUT2D eigenvalue weighted by Crippen LogP contribution is 2.48. The Morgan fingerprint density at radius 2 is 1.94 bits per heavy atom. The molecule has 2 aliphatic rings. The monoisotopic (exact) mass is 245 g/mol. The average Bonchev–Trinajstić information content (AvgIpc) is 3.00. The highest BCUT2D eigenvalue weighted by atomic mass is 16.3. The summed E-state index contributed by atoms with van der Waals surface area (Å²) in [6, 6.07) is 9.48. The van der Waals surface area contributed by atoms with Gasteiger partial charge in [0.2, 0.25) is 0 Å².